The van der Waals surface area contributed by atoms with Crippen LogP contribution in [0.2, 0.25) is 0 Å². The van der Waals surface area contributed by atoms with E-state index in [1.807, 2.05) is 19.1 Å². The SMILES string of the molecule is CCOc1ccccc1NC(=O)C1CC(=O)N(Cc2ccc(F)cc2)C1. The summed E-state index contributed by atoms with van der Waals surface area (Å²) in [5.41, 5.74) is 1.44. The van der Waals surface area contributed by atoms with E-state index >= 15 is 0 Å². The van der Waals surface area contributed by atoms with Crippen molar-refractivity contribution in [1.29, 1.82) is 0 Å². The van der Waals surface area contributed by atoms with Crippen molar-refractivity contribution in [3.63, 3.8) is 0 Å². The Kier molecular flexibility index (Phi) is 5.51. The number of likely N-dealkylation sites (tertiary alicyclic amines) is 1. The molecule has 1 atom stereocenters. The van der Waals surface area contributed by atoms with E-state index in [1.165, 1.54) is 12.1 Å². The summed E-state index contributed by atoms with van der Waals surface area (Å²) in [7, 11) is 0. The van der Waals surface area contributed by atoms with Crippen molar-refractivity contribution in [1.82, 2.24) is 4.90 Å². The molecule has 0 aliphatic carbocycles. The lowest BCUT2D eigenvalue weighted by atomic mass is 10.1. The van der Waals surface area contributed by atoms with E-state index in [9.17, 15) is 14.0 Å². The molecule has 0 bridgehead atoms. The molecule has 2 amide bonds. The van der Waals surface area contributed by atoms with Crippen molar-refractivity contribution < 1.29 is 18.7 Å². The summed E-state index contributed by atoms with van der Waals surface area (Å²) in [6.45, 7) is 3.10. The Bertz CT molecular complexity index is 792. The first-order valence-corrected chi connectivity index (χ1v) is 8.61. The summed E-state index contributed by atoms with van der Waals surface area (Å²) in [4.78, 5) is 26.4. The number of hydrogen-bond donors (Lipinski definition) is 1. The Morgan fingerprint density at radius 2 is 1.96 bits per heavy atom. The van der Waals surface area contributed by atoms with Crippen LogP contribution in [0.3, 0.4) is 0 Å². The van der Waals surface area contributed by atoms with E-state index in [0.717, 1.165) is 5.56 Å². The molecule has 1 heterocycles. The summed E-state index contributed by atoms with van der Waals surface area (Å²) >= 11 is 0. The highest BCUT2D eigenvalue weighted by atomic mass is 19.1. The number of halogens is 1. The third kappa shape index (κ3) is 4.20. The molecule has 5 nitrogen and oxygen atoms in total. The summed E-state index contributed by atoms with van der Waals surface area (Å²) < 4.78 is 18.5. The summed E-state index contributed by atoms with van der Waals surface area (Å²) in [5, 5.41) is 2.86. The Morgan fingerprint density at radius 1 is 1.23 bits per heavy atom. The predicted molar refractivity (Wildman–Crippen MR) is 96.2 cm³/mol. The van der Waals surface area contributed by atoms with Gasteiger partial charge in [0.05, 0.1) is 18.2 Å². The average Bonchev–Trinajstić information content (AvgIpc) is 3.00. The summed E-state index contributed by atoms with van der Waals surface area (Å²) in [5.74, 6) is -0.403. The van der Waals surface area contributed by atoms with Gasteiger partial charge in [0.25, 0.3) is 0 Å². The minimum absolute atomic E-state index is 0.0763. The van der Waals surface area contributed by atoms with E-state index in [-0.39, 0.29) is 24.1 Å². The standard InChI is InChI=1S/C20H21FN2O3/c1-2-26-18-6-4-3-5-17(18)22-20(25)15-11-19(24)23(13-15)12-14-7-9-16(21)10-8-14/h3-10,15H,2,11-13H2,1H3,(H,22,25). The minimum atomic E-state index is -0.419. The summed E-state index contributed by atoms with van der Waals surface area (Å²) in [6.07, 6.45) is 0.170. The molecule has 2 aromatic carbocycles. The lowest BCUT2D eigenvalue weighted by Gasteiger charge is -2.17. The Balaban J connectivity index is 1.63. The topological polar surface area (TPSA) is 58.6 Å². The molecule has 0 saturated carbocycles. The van der Waals surface area contributed by atoms with Gasteiger partial charge in [0, 0.05) is 19.5 Å². The van der Waals surface area contributed by atoms with Crippen molar-refractivity contribution in [2.45, 2.75) is 19.9 Å². The molecule has 136 valence electrons. The van der Waals surface area contributed by atoms with E-state index < -0.39 is 5.92 Å². The van der Waals surface area contributed by atoms with Gasteiger partial charge >= 0.3 is 0 Å². The van der Waals surface area contributed by atoms with Crippen molar-refractivity contribution in [3.8, 4) is 5.75 Å². The van der Waals surface area contributed by atoms with Gasteiger partial charge in [0.2, 0.25) is 11.8 Å². The number of rotatable bonds is 6. The van der Waals surface area contributed by atoms with Crippen molar-refractivity contribution >= 4 is 17.5 Å². The van der Waals surface area contributed by atoms with Crippen LogP contribution in [0, 0.1) is 11.7 Å². The fraction of sp³-hybridized carbons (Fsp3) is 0.300. The molecule has 0 aromatic heterocycles. The monoisotopic (exact) mass is 356 g/mol. The molecule has 1 N–H and O–H groups in total. The Morgan fingerprint density at radius 3 is 2.69 bits per heavy atom. The second kappa shape index (κ2) is 7.99. The van der Waals surface area contributed by atoms with Gasteiger partial charge in [-0.2, -0.15) is 0 Å². The van der Waals surface area contributed by atoms with Gasteiger partial charge in [-0.1, -0.05) is 24.3 Å². The number of ether oxygens (including phenoxy) is 1. The number of carbonyl (C=O) groups is 2. The van der Waals surface area contributed by atoms with E-state index in [1.54, 1.807) is 29.2 Å². The van der Waals surface area contributed by atoms with Crippen LogP contribution in [0.25, 0.3) is 0 Å². The van der Waals surface area contributed by atoms with E-state index in [0.29, 0.717) is 31.1 Å². The molecule has 3 rings (SSSR count). The second-order valence-electron chi connectivity index (χ2n) is 6.22. The average molecular weight is 356 g/mol. The normalized spacial score (nSPS) is 16.6. The molecule has 2 aromatic rings. The van der Waals surface area contributed by atoms with Crippen LogP contribution in [-0.2, 0) is 16.1 Å². The van der Waals surface area contributed by atoms with Gasteiger partial charge in [0.1, 0.15) is 11.6 Å². The van der Waals surface area contributed by atoms with Crippen molar-refractivity contribution in [2.24, 2.45) is 5.92 Å². The van der Waals surface area contributed by atoms with Crippen molar-refractivity contribution in [3.05, 3.63) is 59.9 Å². The number of nitrogens with one attached hydrogen (secondary N) is 1. The van der Waals surface area contributed by atoms with E-state index in [2.05, 4.69) is 5.32 Å². The molecule has 0 radical (unpaired) electrons. The van der Waals surface area contributed by atoms with Gasteiger partial charge in [-0.05, 0) is 36.8 Å². The summed E-state index contributed by atoms with van der Waals surface area (Å²) in [6, 6.07) is 13.2. The second-order valence-corrected chi connectivity index (χ2v) is 6.22. The number of benzene rings is 2. The highest BCUT2D eigenvalue weighted by Gasteiger charge is 2.34. The molecule has 26 heavy (non-hydrogen) atoms. The maximum Gasteiger partial charge on any atom is 0.229 e. The molecule has 1 aliphatic heterocycles. The molecule has 1 unspecified atom stereocenters. The largest absolute Gasteiger partial charge is 0.492 e. The number of anilines is 1. The van der Waals surface area contributed by atoms with Crippen LogP contribution in [0.5, 0.6) is 5.75 Å². The zero-order chi connectivity index (χ0) is 18.5. The van der Waals surface area contributed by atoms with Gasteiger partial charge in [-0.3, -0.25) is 9.59 Å². The number of para-hydroxylation sites is 2. The Labute approximate surface area is 151 Å². The lowest BCUT2D eigenvalue weighted by Crippen LogP contribution is -2.28. The Hall–Kier alpha value is -2.89. The molecule has 1 fully saturated rings. The van der Waals surface area contributed by atoms with Crippen LogP contribution < -0.4 is 10.1 Å². The van der Waals surface area contributed by atoms with Crippen molar-refractivity contribution in [2.75, 3.05) is 18.5 Å². The van der Waals surface area contributed by atoms with Gasteiger partial charge in [-0.25, -0.2) is 4.39 Å². The highest BCUT2D eigenvalue weighted by Crippen LogP contribution is 2.26. The zero-order valence-electron chi connectivity index (χ0n) is 14.6. The molecule has 6 heteroatoms. The van der Waals surface area contributed by atoms with Crippen LogP contribution >= 0.6 is 0 Å². The fourth-order valence-electron chi connectivity index (χ4n) is 3.00. The molecule has 1 saturated heterocycles. The number of nitrogens with zero attached hydrogens (tertiary/aromatic N) is 1. The smallest absolute Gasteiger partial charge is 0.229 e. The number of carbonyl (C=O) groups excluding carboxylic acids is 2. The third-order valence-electron chi connectivity index (χ3n) is 4.32. The first-order valence-electron chi connectivity index (χ1n) is 8.61. The number of hydrogen-bond acceptors (Lipinski definition) is 3. The predicted octanol–water partition coefficient (Wildman–Crippen LogP) is 3.21. The van der Waals surface area contributed by atoms with Gasteiger partial charge < -0.3 is 15.0 Å². The maximum absolute atomic E-state index is 13.0. The third-order valence-corrected chi connectivity index (χ3v) is 4.32. The highest BCUT2D eigenvalue weighted by molar-refractivity contribution is 5.98. The minimum Gasteiger partial charge on any atom is -0.492 e. The molecule has 1 aliphatic rings. The zero-order valence-corrected chi connectivity index (χ0v) is 14.6. The fourth-order valence-corrected chi connectivity index (χ4v) is 3.00. The van der Waals surface area contributed by atoms with Crippen LogP contribution in [0.15, 0.2) is 48.5 Å². The molecule has 0 spiro atoms. The quantitative estimate of drug-likeness (QED) is 0.865. The first kappa shape index (κ1) is 17.9. The van der Waals surface area contributed by atoms with E-state index in [4.69, 9.17) is 4.74 Å². The lowest BCUT2D eigenvalue weighted by molar-refractivity contribution is -0.128. The maximum atomic E-state index is 13.0. The van der Waals surface area contributed by atoms with Crippen LogP contribution in [-0.4, -0.2) is 29.9 Å². The number of amides is 2. The van der Waals surface area contributed by atoms with Gasteiger partial charge in [0.15, 0.2) is 0 Å². The molecular weight excluding hydrogens is 335 g/mol. The van der Waals surface area contributed by atoms with Crippen LogP contribution in [0.1, 0.15) is 18.9 Å². The first-order chi connectivity index (χ1) is 12.6. The van der Waals surface area contributed by atoms with Gasteiger partial charge in [-0.15, -0.1) is 0 Å². The van der Waals surface area contributed by atoms with Crippen LogP contribution in [0.4, 0.5) is 10.1 Å². The molecular formula is C20H21FN2O3.